The van der Waals surface area contributed by atoms with Crippen molar-refractivity contribution < 1.29 is 27.5 Å². The first kappa shape index (κ1) is 26.8. The highest BCUT2D eigenvalue weighted by Gasteiger charge is 2.38. The van der Waals surface area contributed by atoms with Crippen LogP contribution in [-0.4, -0.2) is 61.6 Å². The van der Waals surface area contributed by atoms with E-state index in [1.165, 1.54) is 35.5 Å². The average Bonchev–Trinajstić information content (AvgIpc) is 2.87. The molecule has 0 saturated carbocycles. The van der Waals surface area contributed by atoms with Crippen molar-refractivity contribution in [2.75, 3.05) is 31.6 Å². The van der Waals surface area contributed by atoms with Crippen LogP contribution in [0.5, 0.6) is 0 Å². The third-order valence-corrected chi connectivity index (χ3v) is 8.79. The molecule has 2 heterocycles. The van der Waals surface area contributed by atoms with Gasteiger partial charge in [0, 0.05) is 32.2 Å². The lowest BCUT2D eigenvalue weighted by Gasteiger charge is -2.36. The summed E-state index contributed by atoms with van der Waals surface area (Å²) in [6.07, 6.45) is 2.31. The van der Waals surface area contributed by atoms with Gasteiger partial charge in [0.2, 0.25) is 15.9 Å². The Morgan fingerprint density at radius 1 is 1.05 bits per heavy atom. The molecule has 4 rings (SSSR count). The Hall–Kier alpha value is -3.24. The highest BCUT2D eigenvalue weighted by atomic mass is 32.2. The van der Waals surface area contributed by atoms with Crippen molar-refractivity contribution in [1.29, 1.82) is 0 Å². The average molecular weight is 528 g/mol. The summed E-state index contributed by atoms with van der Waals surface area (Å²) in [7, 11) is -3.96. The first-order valence-electron chi connectivity index (χ1n) is 12.6. The van der Waals surface area contributed by atoms with Crippen LogP contribution in [0.3, 0.4) is 0 Å². The van der Waals surface area contributed by atoms with E-state index in [0.717, 1.165) is 24.0 Å². The van der Waals surface area contributed by atoms with Crippen molar-refractivity contribution in [3.05, 3.63) is 59.7 Å². The van der Waals surface area contributed by atoms with Crippen molar-refractivity contribution in [2.45, 2.75) is 50.5 Å². The first-order valence-corrected chi connectivity index (χ1v) is 14.0. The number of fused-ring (bicyclic) bond motifs is 1. The van der Waals surface area contributed by atoms with Gasteiger partial charge in [0.05, 0.1) is 17.4 Å². The van der Waals surface area contributed by atoms with Crippen LogP contribution >= 0.6 is 0 Å². The Labute approximate surface area is 217 Å². The van der Waals surface area contributed by atoms with Gasteiger partial charge in [-0.25, -0.2) is 8.42 Å². The number of anilines is 1. The van der Waals surface area contributed by atoms with Gasteiger partial charge < -0.3 is 15.0 Å². The summed E-state index contributed by atoms with van der Waals surface area (Å²) in [6, 6.07) is 12.6. The lowest BCUT2D eigenvalue weighted by Crippen LogP contribution is -2.42. The predicted octanol–water partition coefficient (Wildman–Crippen LogP) is 3.12. The van der Waals surface area contributed by atoms with E-state index in [2.05, 4.69) is 12.2 Å². The van der Waals surface area contributed by atoms with E-state index < -0.39 is 22.0 Å². The Balaban J connectivity index is 1.51. The SMILES string of the molecule is CC(=O)Nc1ccc(S(=O)(=O)N2CCc3ccccc3C2CC(=O)OCC(=O)N2CCCC(C)C2)cc1. The van der Waals surface area contributed by atoms with Crippen LogP contribution < -0.4 is 5.32 Å². The van der Waals surface area contributed by atoms with Gasteiger partial charge in [-0.3, -0.25) is 14.4 Å². The fourth-order valence-corrected chi connectivity index (χ4v) is 6.65. The number of likely N-dealkylation sites (tertiary alicyclic amines) is 1. The molecule has 0 spiro atoms. The second kappa shape index (κ2) is 11.4. The lowest BCUT2D eigenvalue weighted by atomic mass is 9.92. The van der Waals surface area contributed by atoms with Crippen molar-refractivity contribution in [2.24, 2.45) is 5.92 Å². The van der Waals surface area contributed by atoms with E-state index >= 15 is 0 Å². The fourth-order valence-electron chi connectivity index (χ4n) is 5.04. The van der Waals surface area contributed by atoms with Crippen molar-refractivity contribution in [3.63, 3.8) is 0 Å². The Bertz CT molecular complexity index is 1260. The molecule has 2 aromatic carbocycles. The fraction of sp³-hybridized carbons (Fsp3) is 0.444. The summed E-state index contributed by atoms with van der Waals surface area (Å²) in [5, 5.41) is 2.62. The molecule has 1 saturated heterocycles. The maximum Gasteiger partial charge on any atom is 0.308 e. The topological polar surface area (TPSA) is 113 Å². The van der Waals surface area contributed by atoms with Gasteiger partial charge in [-0.2, -0.15) is 4.31 Å². The van der Waals surface area contributed by atoms with Gasteiger partial charge >= 0.3 is 5.97 Å². The molecule has 2 aliphatic heterocycles. The Morgan fingerprint density at radius 3 is 2.49 bits per heavy atom. The van der Waals surface area contributed by atoms with Crippen LogP contribution in [0.4, 0.5) is 5.69 Å². The zero-order chi connectivity index (χ0) is 26.6. The van der Waals surface area contributed by atoms with Gasteiger partial charge in [0.1, 0.15) is 0 Å². The molecule has 10 heteroatoms. The quantitative estimate of drug-likeness (QED) is 0.554. The normalized spacial score (nSPS) is 20.1. The van der Waals surface area contributed by atoms with E-state index in [4.69, 9.17) is 4.74 Å². The largest absolute Gasteiger partial charge is 0.456 e. The number of ether oxygens (including phenoxy) is 1. The maximum atomic E-state index is 13.7. The van der Waals surface area contributed by atoms with Crippen LogP contribution in [0.2, 0.25) is 0 Å². The monoisotopic (exact) mass is 527 g/mol. The second-order valence-corrected chi connectivity index (χ2v) is 11.6. The van der Waals surface area contributed by atoms with Crippen LogP contribution in [0.1, 0.15) is 50.3 Å². The van der Waals surface area contributed by atoms with Gasteiger partial charge in [-0.15, -0.1) is 0 Å². The molecule has 0 bridgehead atoms. The zero-order valence-electron chi connectivity index (χ0n) is 21.2. The van der Waals surface area contributed by atoms with Gasteiger partial charge in [0.25, 0.3) is 5.91 Å². The van der Waals surface area contributed by atoms with E-state index in [0.29, 0.717) is 31.1 Å². The second-order valence-electron chi connectivity index (χ2n) is 9.74. The summed E-state index contributed by atoms with van der Waals surface area (Å²) in [5.74, 6) is -0.692. The van der Waals surface area contributed by atoms with Crippen molar-refractivity contribution in [3.8, 4) is 0 Å². The number of esters is 1. The number of sulfonamides is 1. The molecule has 0 aliphatic carbocycles. The number of benzene rings is 2. The predicted molar refractivity (Wildman–Crippen MR) is 138 cm³/mol. The van der Waals surface area contributed by atoms with E-state index in [1.54, 1.807) is 4.90 Å². The minimum Gasteiger partial charge on any atom is -0.456 e. The molecule has 198 valence electrons. The molecule has 0 aromatic heterocycles. The summed E-state index contributed by atoms with van der Waals surface area (Å²) in [5.41, 5.74) is 2.22. The molecule has 2 aliphatic rings. The number of hydrogen-bond donors (Lipinski definition) is 1. The number of amides is 2. The number of piperidine rings is 1. The van der Waals surface area contributed by atoms with Crippen molar-refractivity contribution >= 4 is 33.5 Å². The molecular formula is C27H33N3O6S. The van der Waals surface area contributed by atoms with Gasteiger partial charge in [-0.1, -0.05) is 31.2 Å². The van der Waals surface area contributed by atoms with Gasteiger partial charge in [-0.05, 0) is 60.6 Å². The highest BCUT2D eigenvalue weighted by molar-refractivity contribution is 7.89. The summed E-state index contributed by atoms with van der Waals surface area (Å²) in [4.78, 5) is 38.5. The van der Waals surface area contributed by atoms with Crippen LogP contribution in [0.25, 0.3) is 0 Å². The maximum absolute atomic E-state index is 13.7. The summed E-state index contributed by atoms with van der Waals surface area (Å²) < 4.78 is 34.0. The van der Waals surface area contributed by atoms with E-state index in [9.17, 15) is 22.8 Å². The van der Waals surface area contributed by atoms with Crippen LogP contribution in [0.15, 0.2) is 53.4 Å². The Morgan fingerprint density at radius 2 is 1.78 bits per heavy atom. The van der Waals surface area contributed by atoms with E-state index in [-0.39, 0.29) is 36.3 Å². The zero-order valence-corrected chi connectivity index (χ0v) is 22.0. The molecule has 2 unspecified atom stereocenters. The lowest BCUT2D eigenvalue weighted by molar-refractivity contribution is -0.153. The molecule has 2 aromatic rings. The molecule has 0 radical (unpaired) electrons. The third-order valence-electron chi connectivity index (χ3n) is 6.87. The smallest absolute Gasteiger partial charge is 0.308 e. The number of carbonyl (C=O) groups is 3. The van der Waals surface area contributed by atoms with Gasteiger partial charge in [0.15, 0.2) is 6.61 Å². The molecule has 1 fully saturated rings. The summed E-state index contributed by atoms with van der Waals surface area (Å²) >= 11 is 0. The molecular weight excluding hydrogens is 494 g/mol. The first-order chi connectivity index (χ1) is 17.6. The molecule has 37 heavy (non-hydrogen) atoms. The Kier molecular flexibility index (Phi) is 8.29. The molecule has 1 N–H and O–H groups in total. The number of rotatable bonds is 7. The number of nitrogens with zero attached hydrogens (tertiary/aromatic N) is 2. The van der Waals surface area contributed by atoms with Crippen LogP contribution in [-0.2, 0) is 35.6 Å². The third kappa shape index (κ3) is 6.37. The molecule has 2 amide bonds. The number of nitrogens with one attached hydrogen (secondary N) is 1. The molecule has 2 atom stereocenters. The van der Waals surface area contributed by atoms with Crippen molar-refractivity contribution in [1.82, 2.24) is 9.21 Å². The minimum absolute atomic E-state index is 0.0637. The standard InChI is InChI=1S/C27H33N3O6S/c1-19-6-5-14-29(17-19)26(32)18-36-27(33)16-25-24-8-4-3-7-21(24)13-15-30(25)37(34,35)23-11-9-22(10-12-23)28-20(2)31/h3-4,7-12,19,25H,5-6,13-18H2,1-2H3,(H,28,31). The van der Waals surface area contributed by atoms with Crippen LogP contribution in [0, 0.1) is 5.92 Å². The van der Waals surface area contributed by atoms with E-state index in [1.807, 2.05) is 24.3 Å². The number of carbonyl (C=O) groups excluding carboxylic acids is 3. The summed E-state index contributed by atoms with van der Waals surface area (Å²) in [6.45, 7) is 4.63. The highest BCUT2D eigenvalue weighted by Crippen LogP contribution is 2.36. The minimum atomic E-state index is -3.96. The number of hydrogen-bond acceptors (Lipinski definition) is 6. The molecule has 9 nitrogen and oxygen atoms in total.